The molecule has 7 nitrogen and oxygen atoms in total. The smallest absolute Gasteiger partial charge is 0.311 e. The third kappa shape index (κ3) is 12.0. The molecule has 0 aromatic heterocycles. The van der Waals surface area contributed by atoms with Crippen molar-refractivity contribution in [2.45, 2.75) is 72.6 Å². The summed E-state index contributed by atoms with van der Waals surface area (Å²) in [5.74, 6) is -5.32. The highest BCUT2D eigenvalue weighted by molar-refractivity contribution is 5.70. The molecule has 0 heterocycles. The van der Waals surface area contributed by atoms with E-state index in [1.165, 1.54) is 32.6 Å². The molecule has 0 rings (SSSR count). The first-order chi connectivity index (χ1) is 14.0. The van der Waals surface area contributed by atoms with Gasteiger partial charge in [0.1, 0.15) is 11.8 Å². The van der Waals surface area contributed by atoms with Gasteiger partial charge >= 0.3 is 11.9 Å². The molecule has 0 saturated carbocycles. The number of carbonyl (C=O) groups excluding carboxylic acids is 1. The van der Waals surface area contributed by atoms with Crippen LogP contribution in [0.15, 0.2) is 12.2 Å². The Morgan fingerprint density at radius 3 is 1.70 bits per heavy atom. The molecule has 7 heteroatoms. The molecule has 0 aliphatic heterocycles. The molecule has 0 radical (unpaired) electrons. The third-order valence-corrected chi connectivity index (χ3v) is 5.62. The summed E-state index contributed by atoms with van der Waals surface area (Å²) in [6.45, 7) is 7.98. The fraction of sp³-hybridized carbons (Fsp3) is 0.783. The Kier molecular flexibility index (Phi) is 14.0. The van der Waals surface area contributed by atoms with E-state index in [0.717, 1.165) is 19.3 Å². The van der Waals surface area contributed by atoms with Crippen LogP contribution in [0.5, 0.6) is 0 Å². The van der Waals surface area contributed by atoms with Gasteiger partial charge in [-0.05, 0) is 33.1 Å². The van der Waals surface area contributed by atoms with E-state index < -0.39 is 35.7 Å². The normalized spacial score (nSPS) is 16.7. The van der Waals surface area contributed by atoms with Crippen LogP contribution in [0.4, 0.5) is 0 Å². The SMILES string of the molecule is CCCCCC/C=C/CCC[N+](CC(C)C(=O)[O-])(CC(C)C(=O)O)CC(C)C(=O)O. The molecule has 0 aromatic carbocycles. The number of unbranched alkanes of at least 4 members (excludes halogenated alkanes) is 5. The number of nitrogens with zero attached hydrogens (tertiary/aromatic N) is 1. The maximum absolute atomic E-state index is 11.5. The highest BCUT2D eigenvalue weighted by atomic mass is 16.4. The maximum atomic E-state index is 11.5. The van der Waals surface area contributed by atoms with E-state index in [2.05, 4.69) is 19.1 Å². The first-order valence-electron chi connectivity index (χ1n) is 11.2. The van der Waals surface area contributed by atoms with Crippen LogP contribution in [0.1, 0.15) is 72.6 Å². The number of quaternary nitrogens is 1. The second kappa shape index (κ2) is 15.0. The van der Waals surface area contributed by atoms with E-state index in [-0.39, 0.29) is 24.1 Å². The molecule has 0 aliphatic rings. The predicted molar refractivity (Wildman–Crippen MR) is 115 cm³/mol. The highest BCUT2D eigenvalue weighted by Gasteiger charge is 2.36. The number of carboxylic acids is 3. The Hall–Kier alpha value is -1.89. The fourth-order valence-corrected chi connectivity index (χ4v) is 3.94. The van der Waals surface area contributed by atoms with Gasteiger partial charge in [-0.15, -0.1) is 0 Å². The van der Waals surface area contributed by atoms with Crippen molar-refractivity contribution in [3.63, 3.8) is 0 Å². The summed E-state index contributed by atoms with van der Waals surface area (Å²) in [6.07, 6.45) is 11.7. The fourth-order valence-electron chi connectivity index (χ4n) is 3.94. The molecule has 0 spiro atoms. The Balaban J connectivity index is 5.22. The summed E-state index contributed by atoms with van der Waals surface area (Å²) in [4.78, 5) is 34.3. The molecule has 0 aliphatic carbocycles. The lowest BCUT2D eigenvalue weighted by molar-refractivity contribution is -0.934. The third-order valence-electron chi connectivity index (χ3n) is 5.62. The molecule has 30 heavy (non-hydrogen) atoms. The zero-order chi connectivity index (χ0) is 23.2. The molecular weight excluding hydrogens is 386 g/mol. The number of carboxylic acid groups (broad SMARTS) is 3. The molecule has 0 saturated heterocycles. The highest BCUT2D eigenvalue weighted by Crippen LogP contribution is 2.21. The van der Waals surface area contributed by atoms with E-state index in [1.54, 1.807) is 13.8 Å². The molecule has 174 valence electrons. The van der Waals surface area contributed by atoms with Gasteiger partial charge in [0.05, 0.1) is 26.2 Å². The predicted octanol–water partition coefficient (Wildman–Crippen LogP) is 2.94. The lowest BCUT2D eigenvalue weighted by Gasteiger charge is -2.43. The van der Waals surface area contributed by atoms with Crippen LogP contribution >= 0.6 is 0 Å². The van der Waals surface area contributed by atoms with Crippen LogP contribution in [0.2, 0.25) is 0 Å². The average Bonchev–Trinajstić information content (AvgIpc) is 2.66. The molecular formula is C23H41NO6. The minimum absolute atomic E-state index is 0.153. The largest absolute Gasteiger partial charge is 0.550 e. The zero-order valence-electron chi connectivity index (χ0n) is 19.1. The van der Waals surface area contributed by atoms with Crippen molar-refractivity contribution in [2.75, 3.05) is 26.2 Å². The Bertz CT molecular complexity index is 505. The maximum Gasteiger partial charge on any atom is 0.311 e. The molecule has 0 fully saturated rings. The van der Waals surface area contributed by atoms with E-state index in [0.29, 0.717) is 6.54 Å². The van der Waals surface area contributed by atoms with E-state index in [4.69, 9.17) is 0 Å². The van der Waals surface area contributed by atoms with Crippen molar-refractivity contribution in [3.05, 3.63) is 12.2 Å². The van der Waals surface area contributed by atoms with Gasteiger partial charge in [-0.1, -0.05) is 45.3 Å². The number of aliphatic carboxylic acids is 3. The van der Waals surface area contributed by atoms with Crippen LogP contribution in [-0.4, -0.2) is 58.8 Å². The van der Waals surface area contributed by atoms with Crippen molar-refractivity contribution in [1.29, 1.82) is 0 Å². The molecule has 0 bridgehead atoms. The van der Waals surface area contributed by atoms with Gasteiger partial charge in [-0.2, -0.15) is 0 Å². The monoisotopic (exact) mass is 427 g/mol. The lowest BCUT2D eigenvalue weighted by Crippen LogP contribution is -2.58. The second-order valence-electron chi connectivity index (χ2n) is 8.77. The topological polar surface area (TPSA) is 115 Å². The summed E-state index contributed by atoms with van der Waals surface area (Å²) < 4.78 is 0.153. The van der Waals surface area contributed by atoms with Crippen molar-refractivity contribution in [1.82, 2.24) is 0 Å². The van der Waals surface area contributed by atoms with Gasteiger partial charge in [0, 0.05) is 18.3 Å². The minimum atomic E-state index is -1.20. The van der Waals surface area contributed by atoms with Gasteiger partial charge in [0.25, 0.3) is 0 Å². The van der Waals surface area contributed by atoms with E-state index in [1.807, 2.05) is 0 Å². The van der Waals surface area contributed by atoms with Crippen LogP contribution in [0.25, 0.3) is 0 Å². The van der Waals surface area contributed by atoms with Crippen LogP contribution in [0, 0.1) is 17.8 Å². The summed E-state index contributed by atoms with van der Waals surface area (Å²) in [7, 11) is 0. The van der Waals surface area contributed by atoms with Crippen molar-refractivity contribution in [2.24, 2.45) is 17.8 Å². The Labute approximate surface area is 181 Å². The van der Waals surface area contributed by atoms with E-state index >= 15 is 0 Å². The zero-order valence-corrected chi connectivity index (χ0v) is 19.1. The Morgan fingerprint density at radius 1 is 0.800 bits per heavy atom. The van der Waals surface area contributed by atoms with Crippen LogP contribution in [-0.2, 0) is 14.4 Å². The number of allylic oxidation sites excluding steroid dienone is 2. The van der Waals surface area contributed by atoms with Crippen LogP contribution < -0.4 is 5.11 Å². The van der Waals surface area contributed by atoms with Crippen molar-refractivity contribution < 1.29 is 34.2 Å². The summed E-state index contributed by atoms with van der Waals surface area (Å²) in [5, 5.41) is 30.2. The quantitative estimate of drug-likeness (QED) is 0.197. The number of hydrogen-bond donors (Lipinski definition) is 2. The molecule has 3 unspecified atom stereocenters. The van der Waals surface area contributed by atoms with Gasteiger partial charge in [0.15, 0.2) is 0 Å². The van der Waals surface area contributed by atoms with Crippen LogP contribution in [0.3, 0.4) is 0 Å². The lowest BCUT2D eigenvalue weighted by atomic mass is 10.0. The van der Waals surface area contributed by atoms with Gasteiger partial charge in [-0.25, -0.2) is 0 Å². The summed E-state index contributed by atoms with van der Waals surface area (Å²) >= 11 is 0. The van der Waals surface area contributed by atoms with Gasteiger partial charge in [-0.3, -0.25) is 9.59 Å². The minimum Gasteiger partial charge on any atom is -0.550 e. The van der Waals surface area contributed by atoms with Crippen molar-refractivity contribution >= 4 is 17.9 Å². The standard InChI is InChI=1S/C23H41NO6/c1-5-6-7-8-9-10-11-12-13-14-24(15-18(2)21(25)26,16-19(3)22(27)28)17-20(4)23(29)30/h10-11,18-20H,5-9,12-17H2,1-4H3,(H2-,25,26,27,28,29,30)/b11-10+. The van der Waals surface area contributed by atoms with Gasteiger partial charge in [0.2, 0.25) is 0 Å². The first kappa shape index (κ1) is 28.1. The van der Waals surface area contributed by atoms with Crippen molar-refractivity contribution in [3.8, 4) is 0 Å². The van der Waals surface area contributed by atoms with E-state index in [9.17, 15) is 29.7 Å². The van der Waals surface area contributed by atoms with Gasteiger partial charge < -0.3 is 24.6 Å². The number of hydrogen-bond acceptors (Lipinski definition) is 4. The first-order valence-corrected chi connectivity index (χ1v) is 11.2. The molecule has 3 atom stereocenters. The average molecular weight is 428 g/mol. The Morgan fingerprint density at radius 2 is 1.27 bits per heavy atom. The molecule has 0 aromatic rings. The second-order valence-corrected chi connectivity index (χ2v) is 8.77. The number of rotatable bonds is 18. The molecule has 0 amide bonds. The summed E-state index contributed by atoms with van der Waals surface area (Å²) in [5.41, 5.74) is 0. The summed E-state index contributed by atoms with van der Waals surface area (Å²) in [6, 6.07) is 0. The molecule has 2 N–H and O–H groups in total. The number of carbonyl (C=O) groups is 3.